The zero-order chi connectivity index (χ0) is 12.9. The highest BCUT2D eigenvalue weighted by Gasteiger charge is 2.30. The van der Waals surface area contributed by atoms with Crippen LogP contribution < -0.4 is 0 Å². The van der Waals surface area contributed by atoms with E-state index in [0.717, 1.165) is 12.1 Å². The molecule has 0 amide bonds. The van der Waals surface area contributed by atoms with Crippen molar-refractivity contribution >= 4 is 33.4 Å². The lowest BCUT2D eigenvalue weighted by Gasteiger charge is -2.07. The Labute approximate surface area is 103 Å². The van der Waals surface area contributed by atoms with Gasteiger partial charge in [-0.3, -0.25) is 0 Å². The standard InChI is InChI=1S/C11H4ClF3N2O/c12-10-9-7(4-18-17-9)6-3-5(11(13,14)15)1-2-8(6)16-10/h1-4H. The van der Waals surface area contributed by atoms with Gasteiger partial charge in [-0.2, -0.15) is 13.2 Å². The van der Waals surface area contributed by atoms with Gasteiger partial charge in [0, 0.05) is 5.39 Å². The molecule has 0 unspecified atom stereocenters. The highest BCUT2D eigenvalue weighted by molar-refractivity contribution is 6.35. The molecule has 3 nitrogen and oxygen atoms in total. The maximum atomic E-state index is 12.6. The SMILES string of the molecule is FC(F)(F)c1ccc2nc(Cl)c3nocc3c2c1. The van der Waals surface area contributed by atoms with Crippen LogP contribution in [0.1, 0.15) is 5.56 Å². The van der Waals surface area contributed by atoms with Crippen LogP contribution in [-0.4, -0.2) is 10.1 Å². The smallest absolute Gasteiger partial charge is 0.363 e. The van der Waals surface area contributed by atoms with Crippen LogP contribution in [0.25, 0.3) is 21.8 Å². The summed E-state index contributed by atoms with van der Waals surface area (Å²) in [4.78, 5) is 3.97. The van der Waals surface area contributed by atoms with Gasteiger partial charge in [0.1, 0.15) is 6.26 Å². The van der Waals surface area contributed by atoms with E-state index in [4.69, 9.17) is 16.1 Å². The van der Waals surface area contributed by atoms with Gasteiger partial charge < -0.3 is 4.52 Å². The Morgan fingerprint density at radius 3 is 2.67 bits per heavy atom. The minimum Gasteiger partial charge on any atom is -0.363 e. The van der Waals surface area contributed by atoms with Gasteiger partial charge >= 0.3 is 6.18 Å². The normalized spacial score (nSPS) is 12.4. The number of benzene rings is 1. The van der Waals surface area contributed by atoms with Crippen LogP contribution >= 0.6 is 11.6 Å². The van der Waals surface area contributed by atoms with Gasteiger partial charge in [0.15, 0.2) is 10.7 Å². The highest BCUT2D eigenvalue weighted by atomic mass is 35.5. The number of fused-ring (bicyclic) bond motifs is 3. The first-order chi connectivity index (χ1) is 8.47. The molecule has 2 heterocycles. The number of hydrogen-bond acceptors (Lipinski definition) is 3. The summed E-state index contributed by atoms with van der Waals surface area (Å²) in [6, 6.07) is 3.25. The van der Waals surface area contributed by atoms with Gasteiger partial charge in [0.2, 0.25) is 0 Å². The van der Waals surface area contributed by atoms with Crippen molar-refractivity contribution in [1.82, 2.24) is 10.1 Å². The van der Waals surface area contributed by atoms with Crippen molar-refractivity contribution in [2.75, 3.05) is 0 Å². The lowest BCUT2D eigenvalue weighted by atomic mass is 10.1. The minimum atomic E-state index is -4.41. The van der Waals surface area contributed by atoms with E-state index in [0.29, 0.717) is 16.3 Å². The zero-order valence-electron chi connectivity index (χ0n) is 8.62. The molecule has 0 aliphatic rings. The number of aromatic nitrogens is 2. The fourth-order valence-corrected chi connectivity index (χ4v) is 1.99. The second kappa shape index (κ2) is 3.58. The molecular weight excluding hydrogens is 269 g/mol. The average Bonchev–Trinajstić information content (AvgIpc) is 2.77. The summed E-state index contributed by atoms with van der Waals surface area (Å²) in [6.07, 6.45) is -3.15. The highest BCUT2D eigenvalue weighted by Crippen LogP contribution is 2.34. The molecule has 2 aromatic heterocycles. The average molecular weight is 273 g/mol. The molecule has 0 bridgehead atoms. The number of halogens is 4. The van der Waals surface area contributed by atoms with E-state index in [-0.39, 0.29) is 10.7 Å². The topological polar surface area (TPSA) is 38.9 Å². The van der Waals surface area contributed by atoms with Crippen molar-refractivity contribution in [3.05, 3.63) is 35.2 Å². The summed E-state index contributed by atoms with van der Waals surface area (Å²) < 4.78 is 42.6. The van der Waals surface area contributed by atoms with Gasteiger partial charge in [0.05, 0.1) is 16.5 Å². The Balaban J connectivity index is 2.42. The fourth-order valence-electron chi connectivity index (χ4n) is 1.76. The van der Waals surface area contributed by atoms with E-state index in [1.807, 2.05) is 0 Å². The molecule has 0 aliphatic carbocycles. The Morgan fingerprint density at radius 1 is 1.17 bits per heavy atom. The second-order valence-corrected chi connectivity index (χ2v) is 4.07. The third-order valence-electron chi connectivity index (χ3n) is 2.60. The third-order valence-corrected chi connectivity index (χ3v) is 2.86. The predicted molar refractivity (Wildman–Crippen MR) is 59.3 cm³/mol. The molecule has 7 heteroatoms. The number of hydrogen-bond donors (Lipinski definition) is 0. The molecule has 18 heavy (non-hydrogen) atoms. The first-order valence-corrected chi connectivity index (χ1v) is 5.25. The van der Waals surface area contributed by atoms with Gasteiger partial charge in [0.25, 0.3) is 0 Å². The Bertz CT molecular complexity index is 751. The van der Waals surface area contributed by atoms with Crippen molar-refractivity contribution in [3.8, 4) is 0 Å². The molecule has 0 spiro atoms. The molecular formula is C11H4ClF3N2O. The van der Waals surface area contributed by atoms with Crippen LogP contribution in [0.5, 0.6) is 0 Å². The van der Waals surface area contributed by atoms with Gasteiger partial charge in [-0.05, 0) is 18.2 Å². The lowest BCUT2D eigenvalue weighted by Crippen LogP contribution is -2.04. The van der Waals surface area contributed by atoms with Crippen LogP contribution in [0.3, 0.4) is 0 Å². The first-order valence-electron chi connectivity index (χ1n) is 4.87. The summed E-state index contributed by atoms with van der Waals surface area (Å²) in [6.45, 7) is 0. The molecule has 0 radical (unpaired) electrons. The van der Waals surface area contributed by atoms with Gasteiger partial charge in [-0.1, -0.05) is 16.8 Å². The van der Waals surface area contributed by atoms with Gasteiger partial charge in [-0.15, -0.1) is 0 Å². The van der Waals surface area contributed by atoms with Crippen LogP contribution in [0, 0.1) is 0 Å². The number of alkyl halides is 3. The van der Waals surface area contributed by atoms with Crippen molar-refractivity contribution < 1.29 is 17.7 Å². The molecule has 0 saturated carbocycles. The fraction of sp³-hybridized carbons (Fsp3) is 0.0909. The first kappa shape index (κ1) is 11.3. The molecule has 0 N–H and O–H groups in total. The van der Waals surface area contributed by atoms with E-state index >= 15 is 0 Å². The Morgan fingerprint density at radius 2 is 1.94 bits per heavy atom. The predicted octanol–water partition coefficient (Wildman–Crippen LogP) is 4.05. The maximum Gasteiger partial charge on any atom is 0.416 e. The van der Waals surface area contributed by atoms with Crippen LogP contribution in [-0.2, 0) is 6.18 Å². The summed E-state index contributed by atoms with van der Waals surface area (Å²) in [5, 5.41) is 4.44. The molecule has 0 atom stereocenters. The van der Waals surface area contributed by atoms with Crippen LogP contribution in [0.2, 0.25) is 5.15 Å². The van der Waals surface area contributed by atoms with Crippen LogP contribution in [0.15, 0.2) is 29.0 Å². The molecule has 0 aliphatic heterocycles. The van der Waals surface area contributed by atoms with Crippen LogP contribution in [0.4, 0.5) is 13.2 Å². The van der Waals surface area contributed by atoms with E-state index in [2.05, 4.69) is 10.1 Å². The minimum absolute atomic E-state index is 0.103. The monoisotopic (exact) mass is 272 g/mol. The molecule has 92 valence electrons. The number of nitrogens with zero attached hydrogens (tertiary/aromatic N) is 2. The summed E-state index contributed by atoms with van der Waals surface area (Å²) in [5.41, 5.74) is -0.131. The molecule has 3 rings (SSSR count). The van der Waals surface area contributed by atoms with E-state index in [1.54, 1.807) is 0 Å². The van der Waals surface area contributed by atoms with Gasteiger partial charge in [-0.25, -0.2) is 4.98 Å². The number of rotatable bonds is 0. The summed E-state index contributed by atoms with van der Waals surface area (Å²) in [7, 11) is 0. The molecule has 1 aromatic carbocycles. The van der Waals surface area contributed by atoms with Crippen molar-refractivity contribution in [2.45, 2.75) is 6.18 Å². The zero-order valence-corrected chi connectivity index (χ0v) is 9.38. The summed E-state index contributed by atoms with van der Waals surface area (Å²) >= 11 is 5.85. The van der Waals surface area contributed by atoms with E-state index in [9.17, 15) is 13.2 Å². The van der Waals surface area contributed by atoms with E-state index in [1.165, 1.54) is 12.3 Å². The summed E-state index contributed by atoms with van der Waals surface area (Å²) in [5.74, 6) is 0. The molecule has 3 aromatic rings. The molecule has 0 saturated heterocycles. The maximum absolute atomic E-state index is 12.6. The number of pyridine rings is 1. The Hall–Kier alpha value is -1.82. The van der Waals surface area contributed by atoms with E-state index < -0.39 is 11.7 Å². The van der Waals surface area contributed by atoms with Crippen molar-refractivity contribution in [3.63, 3.8) is 0 Å². The second-order valence-electron chi connectivity index (χ2n) is 3.71. The third kappa shape index (κ3) is 1.60. The van der Waals surface area contributed by atoms with Crippen molar-refractivity contribution in [1.29, 1.82) is 0 Å². The van der Waals surface area contributed by atoms with Crippen molar-refractivity contribution in [2.24, 2.45) is 0 Å². The quantitative estimate of drug-likeness (QED) is 0.580. The Kier molecular flexibility index (Phi) is 2.25. The molecule has 0 fully saturated rings. The lowest BCUT2D eigenvalue weighted by molar-refractivity contribution is -0.137. The largest absolute Gasteiger partial charge is 0.416 e.